The first kappa shape index (κ1) is 14.5. The van der Waals surface area contributed by atoms with Gasteiger partial charge in [-0.05, 0) is 39.2 Å². The van der Waals surface area contributed by atoms with Crippen LogP contribution in [-0.2, 0) is 9.53 Å². The van der Waals surface area contributed by atoms with Crippen molar-refractivity contribution >= 4 is 5.91 Å². The molecule has 1 saturated heterocycles. The van der Waals surface area contributed by atoms with Crippen LogP contribution in [0.15, 0.2) is 0 Å². The number of carbonyl (C=O) groups is 1. The fourth-order valence-electron chi connectivity index (χ4n) is 2.32. The summed E-state index contributed by atoms with van der Waals surface area (Å²) < 4.78 is 5.32. The quantitative estimate of drug-likeness (QED) is 0.713. The lowest BCUT2D eigenvalue weighted by Gasteiger charge is -2.33. The predicted molar refractivity (Wildman–Crippen MR) is 68.9 cm³/mol. The highest BCUT2D eigenvalue weighted by molar-refractivity contribution is 5.82. The Morgan fingerprint density at radius 2 is 2.24 bits per heavy atom. The van der Waals surface area contributed by atoms with Crippen molar-refractivity contribution in [1.29, 1.82) is 0 Å². The summed E-state index contributed by atoms with van der Waals surface area (Å²) in [7, 11) is 0. The molecule has 1 aliphatic rings. The molecule has 1 amide bonds. The van der Waals surface area contributed by atoms with Crippen molar-refractivity contribution in [2.75, 3.05) is 32.8 Å². The summed E-state index contributed by atoms with van der Waals surface area (Å²) in [6.07, 6.45) is 2.32. The van der Waals surface area contributed by atoms with Crippen LogP contribution in [0.4, 0.5) is 0 Å². The molecule has 4 heteroatoms. The van der Waals surface area contributed by atoms with Crippen LogP contribution < -0.4 is 5.32 Å². The normalized spacial score (nSPS) is 24.6. The smallest absolute Gasteiger partial charge is 0.240 e. The van der Waals surface area contributed by atoms with Gasteiger partial charge in [0.05, 0.1) is 12.6 Å². The lowest BCUT2D eigenvalue weighted by molar-refractivity contribution is -0.135. The third-order valence-electron chi connectivity index (χ3n) is 3.44. The van der Waals surface area contributed by atoms with Crippen molar-refractivity contribution in [3.63, 3.8) is 0 Å². The number of rotatable bonds is 6. The first-order chi connectivity index (χ1) is 8.20. The molecule has 1 fully saturated rings. The molecule has 17 heavy (non-hydrogen) atoms. The molecule has 0 bridgehead atoms. The van der Waals surface area contributed by atoms with E-state index in [-0.39, 0.29) is 11.9 Å². The van der Waals surface area contributed by atoms with E-state index in [1.165, 1.54) is 6.42 Å². The van der Waals surface area contributed by atoms with E-state index in [1.54, 1.807) is 0 Å². The maximum absolute atomic E-state index is 12.3. The lowest BCUT2D eigenvalue weighted by Crippen LogP contribution is -2.52. The number of piperidine rings is 1. The van der Waals surface area contributed by atoms with E-state index in [1.807, 2.05) is 18.7 Å². The van der Waals surface area contributed by atoms with Crippen LogP contribution in [0.25, 0.3) is 0 Å². The van der Waals surface area contributed by atoms with Gasteiger partial charge in [-0.15, -0.1) is 0 Å². The molecule has 0 spiro atoms. The minimum atomic E-state index is 0.00493. The second-order valence-electron chi connectivity index (χ2n) is 4.67. The molecule has 1 rings (SSSR count). The number of likely N-dealkylation sites (N-methyl/N-ethyl adjacent to an activating group) is 1. The molecule has 0 aromatic rings. The van der Waals surface area contributed by atoms with Crippen LogP contribution in [0, 0.1) is 5.92 Å². The summed E-state index contributed by atoms with van der Waals surface area (Å²) in [4.78, 5) is 14.2. The molecule has 1 aliphatic heterocycles. The summed E-state index contributed by atoms with van der Waals surface area (Å²) in [6.45, 7) is 9.93. The average molecular weight is 242 g/mol. The van der Waals surface area contributed by atoms with Crippen molar-refractivity contribution in [2.45, 2.75) is 39.7 Å². The van der Waals surface area contributed by atoms with Crippen LogP contribution in [0.3, 0.4) is 0 Å². The minimum Gasteiger partial charge on any atom is -0.380 e. The fourth-order valence-corrected chi connectivity index (χ4v) is 2.32. The third-order valence-corrected chi connectivity index (χ3v) is 3.44. The van der Waals surface area contributed by atoms with E-state index < -0.39 is 0 Å². The number of nitrogens with one attached hydrogen (secondary N) is 1. The molecule has 0 aromatic heterocycles. The van der Waals surface area contributed by atoms with Crippen LogP contribution in [0.2, 0.25) is 0 Å². The van der Waals surface area contributed by atoms with Crippen molar-refractivity contribution in [1.82, 2.24) is 10.2 Å². The molecule has 0 aliphatic carbocycles. The molecule has 4 nitrogen and oxygen atoms in total. The van der Waals surface area contributed by atoms with Crippen molar-refractivity contribution in [3.05, 3.63) is 0 Å². The number of hydrogen-bond donors (Lipinski definition) is 1. The topological polar surface area (TPSA) is 41.6 Å². The SMILES string of the molecule is CCOCCN(CC)C(=O)C1NCCCC1C. The van der Waals surface area contributed by atoms with Gasteiger partial charge >= 0.3 is 0 Å². The Hall–Kier alpha value is -0.610. The Kier molecular flexibility index (Phi) is 6.52. The third kappa shape index (κ3) is 4.28. The Bertz CT molecular complexity index is 233. The van der Waals surface area contributed by atoms with Crippen LogP contribution >= 0.6 is 0 Å². The molecular weight excluding hydrogens is 216 g/mol. The Balaban J connectivity index is 2.46. The molecule has 2 unspecified atom stereocenters. The molecule has 1 N–H and O–H groups in total. The van der Waals surface area contributed by atoms with E-state index in [9.17, 15) is 4.79 Å². The Labute approximate surface area is 105 Å². The molecule has 1 heterocycles. The molecule has 100 valence electrons. The second kappa shape index (κ2) is 7.67. The highest BCUT2D eigenvalue weighted by atomic mass is 16.5. The standard InChI is InChI=1S/C13H26N2O2/c1-4-15(9-10-17-5-2)13(16)12-11(3)7-6-8-14-12/h11-12,14H,4-10H2,1-3H3. The summed E-state index contributed by atoms with van der Waals surface area (Å²) >= 11 is 0. The van der Waals surface area contributed by atoms with Gasteiger partial charge in [-0.1, -0.05) is 6.92 Å². The predicted octanol–water partition coefficient (Wildman–Crippen LogP) is 1.26. The highest BCUT2D eigenvalue weighted by Crippen LogP contribution is 2.17. The monoisotopic (exact) mass is 242 g/mol. The highest BCUT2D eigenvalue weighted by Gasteiger charge is 2.30. The average Bonchev–Trinajstić information content (AvgIpc) is 2.35. The summed E-state index contributed by atoms with van der Waals surface area (Å²) in [5, 5.41) is 3.34. The molecule has 0 radical (unpaired) electrons. The zero-order chi connectivity index (χ0) is 12.7. The van der Waals surface area contributed by atoms with Gasteiger partial charge in [-0.25, -0.2) is 0 Å². The van der Waals surface area contributed by atoms with E-state index in [0.717, 1.165) is 19.5 Å². The van der Waals surface area contributed by atoms with Crippen molar-refractivity contribution in [2.24, 2.45) is 5.92 Å². The summed E-state index contributed by atoms with van der Waals surface area (Å²) in [6, 6.07) is 0.00493. The first-order valence-electron chi connectivity index (χ1n) is 6.80. The largest absolute Gasteiger partial charge is 0.380 e. The molecule has 0 saturated carbocycles. The molecule has 0 aromatic carbocycles. The van der Waals surface area contributed by atoms with Gasteiger partial charge in [-0.2, -0.15) is 0 Å². The molecule has 2 atom stereocenters. The van der Waals surface area contributed by atoms with E-state index >= 15 is 0 Å². The lowest BCUT2D eigenvalue weighted by atomic mass is 9.92. The van der Waals surface area contributed by atoms with Gasteiger partial charge in [0.25, 0.3) is 0 Å². The van der Waals surface area contributed by atoms with Gasteiger partial charge in [0.2, 0.25) is 5.91 Å². The number of carbonyl (C=O) groups excluding carboxylic acids is 1. The Morgan fingerprint density at radius 3 is 2.82 bits per heavy atom. The summed E-state index contributed by atoms with van der Waals surface area (Å²) in [5.41, 5.74) is 0. The minimum absolute atomic E-state index is 0.00493. The van der Waals surface area contributed by atoms with Gasteiger partial charge < -0.3 is 15.0 Å². The zero-order valence-electron chi connectivity index (χ0n) is 11.4. The van der Waals surface area contributed by atoms with Gasteiger partial charge in [-0.3, -0.25) is 4.79 Å². The number of amides is 1. The van der Waals surface area contributed by atoms with Crippen LogP contribution in [-0.4, -0.2) is 49.7 Å². The maximum atomic E-state index is 12.3. The second-order valence-corrected chi connectivity index (χ2v) is 4.67. The maximum Gasteiger partial charge on any atom is 0.240 e. The van der Waals surface area contributed by atoms with E-state index in [4.69, 9.17) is 4.74 Å². The van der Waals surface area contributed by atoms with Gasteiger partial charge in [0.15, 0.2) is 0 Å². The van der Waals surface area contributed by atoms with Gasteiger partial charge in [0.1, 0.15) is 0 Å². The number of nitrogens with zero attached hydrogens (tertiary/aromatic N) is 1. The van der Waals surface area contributed by atoms with Crippen molar-refractivity contribution < 1.29 is 9.53 Å². The summed E-state index contributed by atoms with van der Waals surface area (Å²) in [5.74, 6) is 0.678. The van der Waals surface area contributed by atoms with E-state index in [0.29, 0.717) is 25.7 Å². The molecular formula is C13H26N2O2. The van der Waals surface area contributed by atoms with Crippen molar-refractivity contribution in [3.8, 4) is 0 Å². The first-order valence-corrected chi connectivity index (χ1v) is 6.80. The Morgan fingerprint density at radius 1 is 1.47 bits per heavy atom. The van der Waals surface area contributed by atoms with Gasteiger partial charge in [0, 0.05) is 19.7 Å². The van der Waals surface area contributed by atoms with E-state index in [2.05, 4.69) is 12.2 Å². The number of hydrogen-bond acceptors (Lipinski definition) is 3. The zero-order valence-corrected chi connectivity index (χ0v) is 11.4. The van der Waals surface area contributed by atoms with Crippen LogP contribution in [0.1, 0.15) is 33.6 Å². The number of ether oxygens (including phenoxy) is 1. The fraction of sp³-hybridized carbons (Fsp3) is 0.923. The van der Waals surface area contributed by atoms with Crippen LogP contribution in [0.5, 0.6) is 0 Å².